The molecular formula is C22H28O3. The van der Waals surface area contributed by atoms with E-state index in [4.69, 9.17) is 4.74 Å². The van der Waals surface area contributed by atoms with E-state index in [9.17, 15) is 9.90 Å². The van der Waals surface area contributed by atoms with E-state index in [0.717, 1.165) is 19.3 Å². The molecule has 0 saturated carbocycles. The van der Waals surface area contributed by atoms with E-state index in [2.05, 4.69) is 39.8 Å². The zero-order chi connectivity index (χ0) is 18.2. The highest BCUT2D eigenvalue weighted by Crippen LogP contribution is 2.52. The molecule has 0 heterocycles. The molecule has 0 radical (unpaired) electrons. The van der Waals surface area contributed by atoms with Gasteiger partial charge in [0.2, 0.25) is 0 Å². The van der Waals surface area contributed by atoms with Crippen molar-refractivity contribution in [3.8, 4) is 5.75 Å². The minimum Gasteiger partial charge on any atom is -0.508 e. The van der Waals surface area contributed by atoms with Gasteiger partial charge in [-0.2, -0.15) is 0 Å². The fourth-order valence-electron chi connectivity index (χ4n) is 4.31. The number of fused-ring (bicyclic) bond motifs is 1. The molecule has 2 aliphatic rings. The Bertz CT molecular complexity index is 711. The molecule has 25 heavy (non-hydrogen) atoms. The van der Waals surface area contributed by atoms with Crippen molar-refractivity contribution in [3.63, 3.8) is 0 Å². The molecule has 0 bridgehead atoms. The third-order valence-electron chi connectivity index (χ3n) is 5.75. The molecule has 3 nitrogen and oxygen atoms in total. The van der Waals surface area contributed by atoms with Crippen LogP contribution in [-0.4, -0.2) is 17.2 Å². The van der Waals surface area contributed by atoms with Crippen LogP contribution in [0.4, 0.5) is 0 Å². The predicted octanol–water partition coefficient (Wildman–Crippen LogP) is 5.27. The van der Waals surface area contributed by atoms with E-state index in [1.807, 2.05) is 0 Å². The van der Waals surface area contributed by atoms with Crippen molar-refractivity contribution in [3.05, 3.63) is 53.1 Å². The number of benzene rings is 1. The highest BCUT2D eigenvalue weighted by molar-refractivity contribution is 5.89. The van der Waals surface area contributed by atoms with Gasteiger partial charge in [-0.15, -0.1) is 0 Å². The fourth-order valence-corrected chi connectivity index (χ4v) is 4.31. The number of carbonyl (C=O) groups excluding carboxylic acids is 1. The SMILES string of the molecule is CC1=CC[C@@]2(C)CC=C(C(C)C)[C@@H]2[C@@H](OC(=O)c2ccc(O)cc2)C1. The second kappa shape index (κ2) is 6.70. The first kappa shape index (κ1) is 17.8. The highest BCUT2D eigenvalue weighted by atomic mass is 16.5. The Morgan fingerprint density at radius 3 is 2.48 bits per heavy atom. The van der Waals surface area contributed by atoms with Crippen LogP contribution < -0.4 is 0 Å². The van der Waals surface area contributed by atoms with Gasteiger partial charge in [-0.25, -0.2) is 4.79 Å². The van der Waals surface area contributed by atoms with E-state index < -0.39 is 0 Å². The number of phenols is 1. The van der Waals surface area contributed by atoms with E-state index in [1.165, 1.54) is 23.3 Å². The van der Waals surface area contributed by atoms with Gasteiger partial charge in [-0.3, -0.25) is 0 Å². The molecule has 0 fully saturated rings. The van der Waals surface area contributed by atoms with E-state index in [-0.39, 0.29) is 29.2 Å². The van der Waals surface area contributed by atoms with Gasteiger partial charge in [0, 0.05) is 12.3 Å². The maximum absolute atomic E-state index is 12.7. The zero-order valence-electron chi connectivity index (χ0n) is 15.6. The second-order valence-corrected chi connectivity index (χ2v) is 8.14. The average Bonchev–Trinajstić information content (AvgIpc) is 2.85. The lowest BCUT2D eigenvalue weighted by Crippen LogP contribution is -2.37. The Morgan fingerprint density at radius 2 is 1.84 bits per heavy atom. The van der Waals surface area contributed by atoms with E-state index in [1.54, 1.807) is 12.1 Å². The quantitative estimate of drug-likeness (QED) is 0.602. The first-order chi connectivity index (χ1) is 11.8. The smallest absolute Gasteiger partial charge is 0.338 e. The molecule has 0 saturated heterocycles. The largest absolute Gasteiger partial charge is 0.508 e. The Labute approximate surface area is 150 Å². The second-order valence-electron chi connectivity index (χ2n) is 8.14. The summed E-state index contributed by atoms with van der Waals surface area (Å²) in [6, 6.07) is 6.27. The van der Waals surface area contributed by atoms with Crippen molar-refractivity contribution in [2.24, 2.45) is 17.3 Å². The number of rotatable bonds is 3. The molecular weight excluding hydrogens is 312 g/mol. The maximum Gasteiger partial charge on any atom is 0.338 e. The van der Waals surface area contributed by atoms with Crippen molar-refractivity contribution >= 4 is 5.97 Å². The zero-order valence-corrected chi connectivity index (χ0v) is 15.6. The summed E-state index contributed by atoms with van der Waals surface area (Å²) in [5, 5.41) is 9.42. The first-order valence-electron chi connectivity index (χ1n) is 9.16. The summed E-state index contributed by atoms with van der Waals surface area (Å²) < 4.78 is 6.02. The van der Waals surface area contributed by atoms with Gasteiger partial charge in [0.25, 0.3) is 0 Å². The Balaban J connectivity index is 1.88. The fraction of sp³-hybridized carbons (Fsp3) is 0.500. The van der Waals surface area contributed by atoms with Crippen molar-refractivity contribution in [2.75, 3.05) is 0 Å². The van der Waals surface area contributed by atoms with Crippen LogP contribution in [0.3, 0.4) is 0 Å². The minimum atomic E-state index is -0.308. The molecule has 0 aliphatic heterocycles. The molecule has 0 amide bonds. The summed E-state index contributed by atoms with van der Waals surface area (Å²) in [5.41, 5.74) is 3.33. The van der Waals surface area contributed by atoms with Crippen LogP contribution in [0.5, 0.6) is 5.75 Å². The standard InChI is InChI=1S/C22H28O3/c1-14(2)18-10-12-22(4)11-9-15(3)13-19(20(18)22)25-21(24)16-5-7-17(23)8-6-16/h5-10,14,19-20,23H,11-13H2,1-4H3/t19-,20+,22-/m0/s1. The third-order valence-corrected chi connectivity index (χ3v) is 5.75. The highest BCUT2D eigenvalue weighted by Gasteiger charge is 2.47. The molecule has 0 unspecified atom stereocenters. The van der Waals surface area contributed by atoms with Crippen LogP contribution in [0.25, 0.3) is 0 Å². The summed E-state index contributed by atoms with van der Waals surface area (Å²) in [5.74, 6) is 0.567. The number of esters is 1. The van der Waals surface area contributed by atoms with Gasteiger partial charge in [0.1, 0.15) is 11.9 Å². The van der Waals surface area contributed by atoms with Crippen molar-refractivity contribution in [1.82, 2.24) is 0 Å². The lowest BCUT2D eigenvalue weighted by atomic mass is 9.70. The lowest BCUT2D eigenvalue weighted by molar-refractivity contribution is 0.000685. The van der Waals surface area contributed by atoms with E-state index in [0.29, 0.717) is 11.5 Å². The summed E-state index contributed by atoms with van der Waals surface area (Å²) in [7, 11) is 0. The van der Waals surface area contributed by atoms with Crippen LogP contribution in [0.2, 0.25) is 0 Å². The molecule has 2 aliphatic carbocycles. The van der Waals surface area contributed by atoms with Crippen molar-refractivity contribution in [1.29, 1.82) is 0 Å². The molecule has 1 N–H and O–H groups in total. The molecule has 0 aromatic heterocycles. The topological polar surface area (TPSA) is 46.5 Å². The molecule has 1 aromatic rings. The molecule has 3 heteroatoms. The monoisotopic (exact) mass is 340 g/mol. The van der Waals surface area contributed by atoms with Crippen molar-refractivity contribution in [2.45, 2.75) is 53.1 Å². The average molecular weight is 340 g/mol. The number of ether oxygens (including phenoxy) is 1. The normalized spacial score (nSPS) is 28.8. The Kier molecular flexibility index (Phi) is 4.77. The van der Waals surface area contributed by atoms with Gasteiger partial charge in [0.05, 0.1) is 5.56 Å². The molecule has 1 aromatic carbocycles. The Hall–Kier alpha value is -2.03. The Morgan fingerprint density at radius 1 is 1.20 bits per heavy atom. The summed E-state index contributed by atoms with van der Waals surface area (Å²) in [6.45, 7) is 8.90. The molecule has 3 atom stereocenters. The molecule has 134 valence electrons. The van der Waals surface area contributed by atoms with Gasteiger partial charge in [-0.1, -0.05) is 44.1 Å². The summed E-state index contributed by atoms with van der Waals surface area (Å²) in [6.07, 6.45) is 7.41. The number of phenolic OH excluding ortho intramolecular Hbond substituents is 1. The number of carbonyl (C=O) groups is 1. The number of hydrogen-bond acceptors (Lipinski definition) is 3. The maximum atomic E-state index is 12.7. The number of hydrogen-bond donors (Lipinski definition) is 1. The van der Waals surface area contributed by atoms with Crippen LogP contribution in [0.1, 0.15) is 57.3 Å². The molecule has 0 spiro atoms. The van der Waals surface area contributed by atoms with Gasteiger partial charge >= 0.3 is 5.97 Å². The number of aromatic hydroxyl groups is 1. The first-order valence-corrected chi connectivity index (χ1v) is 9.16. The van der Waals surface area contributed by atoms with Gasteiger partial charge in [0.15, 0.2) is 0 Å². The lowest BCUT2D eigenvalue weighted by Gasteiger charge is -2.37. The summed E-state index contributed by atoms with van der Waals surface area (Å²) >= 11 is 0. The van der Waals surface area contributed by atoms with Crippen LogP contribution >= 0.6 is 0 Å². The van der Waals surface area contributed by atoms with Gasteiger partial charge in [-0.05, 0) is 55.4 Å². The van der Waals surface area contributed by atoms with Gasteiger partial charge < -0.3 is 9.84 Å². The minimum absolute atomic E-state index is 0.122. The van der Waals surface area contributed by atoms with Crippen LogP contribution in [0, 0.1) is 17.3 Å². The van der Waals surface area contributed by atoms with E-state index >= 15 is 0 Å². The predicted molar refractivity (Wildman–Crippen MR) is 99.4 cm³/mol. The number of allylic oxidation sites excluding steroid dienone is 2. The van der Waals surface area contributed by atoms with Crippen LogP contribution in [-0.2, 0) is 4.74 Å². The van der Waals surface area contributed by atoms with Crippen molar-refractivity contribution < 1.29 is 14.6 Å². The van der Waals surface area contributed by atoms with Crippen LogP contribution in [0.15, 0.2) is 47.6 Å². The summed E-state index contributed by atoms with van der Waals surface area (Å²) in [4.78, 5) is 12.7. The third kappa shape index (κ3) is 3.51. The molecule has 3 rings (SSSR count).